The zero-order valence-electron chi connectivity index (χ0n) is 10.2. The minimum atomic E-state index is 0.638. The smallest absolute Gasteiger partial charge is 0.143 e. The topological polar surface area (TPSA) is 56.7 Å². The van der Waals surface area contributed by atoms with Crippen molar-refractivity contribution >= 4 is 11.0 Å². The van der Waals surface area contributed by atoms with Crippen LogP contribution in [-0.4, -0.2) is 21.1 Å². The fourth-order valence-electron chi connectivity index (χ4n) is 2.66. The van der Waals surface area contributed by atoms with E-state index in [1.54, 1.807) is 6.33 Å². The molecule has 0 unspecified atom stereocenters. The summed E-state index contributed by atoms with van der Waals surface area (Å²) >= 11 is 0. The van der Waals surface area contributed by atoms with E-state index in [9.17, 15) is 0 Å². The molecule has 2 N–H and O–H groups in total. The van der Waals surface area contributed by atoms with E-state index in [1.807, 2.05) is 7.05 Å². The molecule has 1 fully saturated rings. The number of aromatic nitrogens is 3. The van der Waals surface area contributed by atoms with Crippen molar-refractivity contribution in [2.45, 2.75) is 31.6 Å². The van der Waals surface area contributed by atoms with Crippen molar-refractivity contribution in [3.05, 3.63) is 23.8 Å². The van der Waals surface area contributed by atoms with Crippen LogP contribution in [0.15, 0.2) is 12.5 Å². The van der Waals surface area contributed by atoms with Gasteiger partial charge in [-0.25, -0.2) is 9.97 Å². The van der Waals surface area contributed by atoms with Crippen LogP contribution in [0.2, 0.25) is 0 Å². The van der Waals surface area contributed by atoms with Crippen molar-refractivity contribution in [3.63, 3.8) is 0 Å². The Morgan fingerprint density at radius 3 is 2.88 bits per heavy atom. The Hall–Kier alpha value is -1.42. The molecule has 0 atom stereocenters. The molecular formula is C13H18N4. The van der Waals surface area contributed by atoms with E-state index in [4.69, 9.17) is 5.73 Å². The first-order chi connectivity index (χ1) is 8.31. The van der Waals surface area contributed by atoms with Crippen LogP contribution in [0.25, 0.3) is 11.0 Å². The molecule has 2 aromatic heterocycles. The first kappa shape index (κ1) is 10.7. The molecule has 2 aromatic rings. The lowest BCUT2D eigenvalue weighted by Crippen LogP contribution is -2.12. The monoisotopic (exact) mass is 230 g/mol. The first-order valence-electron chi connectivity index (χ1n) is 6.30. The number of hydrogen-bond donors (Lipinski definition) is 1. The van der Waals surface area contributed by atoms with Gasteiger partial charge in [-0.2, -0.15) is 0 Å². The molecule has 17 heavy (non-hydrogen) atoms. The molecular weight excluding hydrogens is 212 g/mol. The molecule has 1 saturated carbocycles. The average molecular weight is 230 g/mol. The highest BCUT2D eigenvalue weighted by Crippen LogP contribution is 2.39. The summed E-state index contributed by atoms with van der Waals surface area (Å²) < 4.78 is 2.09. The number of nitrogens with two attached hydrogens (primary N) is 1. The zero-order chi connectivity index (χ0) is 11.8. The quantitative estimate of drug-likeness (QED) is 0.873. The first-order valence-corrected chi connectivity index (χ1v) is 6.30. The molecule has 1 aliphatic carbocycles. The highest BCUT2D eigenvalue weighted by molar-refractivity contribution is 5.83. The standard InChI is InChI=1S/C13H18N4/c1-17-7-10(5-6-14)11-12(9-3-2-4-9)15-8-16-13(11)17/h7-9H,2-6,14H2,1H3. The minimum absolute atomic E-state index is 0.638. The van der Waals surface area contributed by atoms with E-state index in [2.05, 4.69) is 20.7 Å². The second-order valence-corrected chi connectivity index (χ2v) is 4.89. The zero-order valence-corrected chi connectivity index (χ0v) is 10.2. The molecule has 1 aliphatic rings. The number of hydrogen-bond acceptors (Lipinski definition) is 3. The van der Waals surface area contributed by atoms with Crippen LogP contribution in [0.1, 0.15) is 36.4 Å². The average Bonchev–Trinajstić information content (AvgIpc) is 2.55. The van der Waals surface area contributed by atoms with Crippen molar-refractivity contribution in [2.75, 3.05) is 6.54 Å². The van der Waals surface area contributed by atoms with E-state index in [-0.39, 0.29) is 0 Å². The van der Waals surface area contributed by atoms with Crippen molar-refractivity contribution in [2.24, 2.45) is 12.8 Å². The SMILES string of the molecule is Cn1cc(CCN)c2c(C3CCC3)ncnc21. The lowest BCUT2D eigenvalue weighted by atomic mass is 9.81. The van der Waals surface area contributed by atoms with Crippen LogP contribution in [0.4, 0.5) is 0 Å². The van der Waals surface area contributed by atoms with Gasteiger partial charge in [0.2, 0.25) is 0 Å². The van der Waals surface area contributed by atoms with Gasteiger partial charge in [0.15, 0.2) is 0 Å². The Morgan fingerprint density at radius 1 is 1.41 bits per heavy atom. The van der Waals surface area contributed by atoms with Gasteiger partial charge in [0.25, 0.3) is 0 Å². The Morgan fingerprint density at radius 2 is 2.24 bits per heavy atom. The van der Waals surface area contributed by atoms with E-state index in [0.717, 1.165) is 12.1 Å². The Balaban J connectivity index is 2.19. The Labute approximate surface area is 101 Å². The maximum Gasteiger partial charge on any atom is 0.143 e. The van der Waals surface area contributed by atoms with Gasteiger partial charge < -0.3 is 10.3 Å². The van der Waals surface area contributed by atoms with Crippen LogP contribution in [0.3, 0.4) is 0 Å². The van der Waals surface area contributed by atoms with Crippen molar-refractivity contribution in [1.29, 1.82) is 0 Å². The molecule has 0 spiro atoms. The van der Waals surface area contributed by atoms with Gasteiger partial charge in [0.1, 0.15) is 12.0 Å². The fraction of sp³-hybridized carbons (Fsp3) is 0.538. The van der Waals surface area contributed by atoms with Crippen molar-refractivity contribution in [1.82, 2.24) is 14.5 Å². The van der Waals surface area contributed by atoms with Crippen LogP contribution in [-0.2, 0) is 13.5 Å². The molecule has 0 radical (unpaired) electrons. The molecule has 4 nitrogen and oxygen atoms in total. The van der Waals surface area contributed by atoms with Crippen LogP contribution in [0.5, 0.6) is 0 Å². The Bertz CT molecular complexity index is 540. The number of nitrogens with zero attached hydrogens (tertiary/aromatic N) is 3. The molecule has 0 aromatic carbocycles. The maximum absolute atomic E-state index is 5.68. The molecule has 0 aliphatic heterocycles. The van der Waals surface area contributed by atoms with Crippen molar-refractivity contribution in [3.8, 4) is 0 Å². The summed E-state index contributed by atoms with van der Waals surface area (Å²) in [4.78, 5) is 8.92. The van der Waals surface area contributed by atoms with Gasteiger partial charge in [-0.05, 0) is 31.4 Å². The van der Waals surface area contributed by atoms with Gasteiger partial charge >= 0.3 is 0 Å². The summed E-state index contributed by atoms with van der Waals surface area (Å²) in [5.74, 6) is 0.638. The predicted molar refractivity (Wildman–Crippen MR) is 67.9 cm³/mol. The highest BCUT2D eigenvalue weighted by atomic mass is 15.0. The highest BCUT2D eigenvalue weighted by Gasteiger charge is 2.25. The van der Waals surface area contributed by atoms with Gasteiger partial charge in [-0.15, -0.1) is 0 Å². The summed E-state index contributed by atoms with van der Waals surface area (Å²) in [7, 11) is 2.04. The fourth-order valence-corrected chi connectivity index (χ4v) is 2.66. The van der Waals surface area contributed by atoms with Crippen LogP contribution >= 0.6 is 0 Å². The molecule has 3 rings (SSSR count). The van der Waals surface area contributed by atoms with Crippen LogP contribution in [0, 0.1) is 0 Å². The normalized spacial score (nSPS) is 16.4. The summed E-state index contributed by atoms with van der Waals surface area (Å²) in [6, 6.07) is 0. The molecule has 4 heteroatoms. The number of fused-ring (bicyclic) bond motifs is 1. The minimum Gasteiger partial charge on any atom is -0.335 e. The maximum atomic E-state index is 5.68. The molecule has 0 saturated heterocycles. The van der Waals surface area contributed by atoms with Gasteiger partial charge in [-0.1, -0.05) is 6.42 Å². The van der Waals surface area contributed by atoms with Gasteiger partial charge in [0.05, 0.1) is 5.69 Å². The lowest BCUT2D eigenvalue weighted by molar-refractivity contribution is 0.413. The van der Waals surface area contributed by atoms with Gasteiger partial charge in [0, 0.05) is 24.5 Å². The molecule has 0 amide bonds. The Kier molecular flexibility index (Phi) is 2.59. The van der Waals surface area contributed by atoms with Crippen molar-refractivity contribution < 1.29 is 0 Å². The number of aryl methyl sites for hydroxylation is 1. The summed E-state index contributed by atoms with van der Waals surface area (Å²) in [6.45, 7) is 0.679. The van der Waals surface area contributed by atoms with E-state index in [0.29, 0.717) is 12.5 Å². The summed E-state index contributed by atoms with van der Waals surface area (Å²) in [5, 5.41) is 1.25. The number of rotatable bonds is 3. The van der Waals surface area contributed by atoms with E-state index in [1.165, 1.54) is 35.9 Å². The molecule has 2 heterocycles. The van der Waals surface area contributed by atoms with Crippen LogP contribution < -0.4 is 5.73 Å². The van der Waals surface area contributed by atoms with E-state index >= 15 is 0 Å². The summed E-state index contributed by atoms with van der Waals surface area (Å²) in [5.41, 5.74) is 9.27. The van der Waals surface area contributed by atoms with E-state index < -0.39 is 0 Å². The second kappa shape index (κ2) is 4.11. The predicted octanol–water partition coefficient (Wildman–Crippen LogP) is 1.74. The third-order valence-corrected chi connectivity index (χ3v) is 3.77. The van der Waals surface area contributed by atoms with Gasteiger partial charge in [-0.3, -0.25) is 0 Å². The lowest BCUT2D eigenvalue weighted by Gasteiger charge is -2.25. The summed E-state index contributed by atoms with van der Waals surface area (Å²) in [6.07, 6.45) is 8.61. The third kappa shape index (κ3) is 1.63. The second-order valence-electron chi connectivity index (χ2n) is 4.89. The molecule has 0 bridgehead atoms. The molecule has 90 valence electrons. The third-order valence-electron chi connectivity index (χ3n) is 3.77. The largest absolute Gasteiger partial charge is 0.335 e.